The second-order valence-corrected chi connectivity index (χ2v) is 5.64. The lowest BCUT2D eigenvalue weighted by Gasteiger charge is -2.14. The lowest BCUT2D eigenvalue weighted by atomic mass is 10.2. The molecule has 2 rings (SSSR count). The summed E-state index contributed by atoms with van der Waals surface area (Å²) in [6, 6.07) is 4.51. The Balaban J connectivity index is 0.00000338. The van der Waals surface area contributed by atoms with Gasteiger partial charge in [-0.3, -0.25) is 4.68 Å². The van der Waals surface area contributed by atoms with Crippen molar-refractivity contribution in [2.24, 2.45) is 12.0 Å². The van der Waals surface area contributed by atoms with Crippen LogP contribution in [0.3, 0.4) is 0 Å². The molecule has 2 N–H and O–H groups in total. The molecule has 0 spiro atoms. The molecule has 0 unspecified atom stereocenters. The maximum Gasteiger partial charge on any atom is 0.387 e. The number of hydrogen-bond donors (Lipinski definition) is 2. The Labute approximate surface area is 173 Å². The lowest BCUT2D eigenvalue weighted by molar-refractivity contribution is -0.0504. The molecule has 6 nitrogen and oxygen atoms in total. The number of guanidine groups is 1. The van der Waals surface area contributed by atoms with Crippen LogP contribution in [0.25, 0.3) is 0 Å². The Morgan fingerprint density at radius 1 is 1.38 bits per heavy atom. The topological polar surface area (TPSA) is 63.5 Å². The van der Waals surface area contributed by atoms with Crippen molar-refractivity contribution in [3.05, 3.63) is 46.7 Å². The summed E-state index contributed by atoms with van der Waals surface area (Å²) in [5.41, 5.74) is 1.48. The van der Waals surface area contributed by atoms with Crippen LogP contribution in [-0.2, 0) is 20.1 Å². The number of hydrogen-bond acceptors (Lipinski definition) is 3. The van der Waals surface area contributed by atoms with Crippen molar-refractivity contribution in [3.63, 3.8) is 0 Å². The number of nitrogens with zero attached hydrogens (tertiary/aromatic N) is 3. The third-order valence-corrected chi connectivity index (χ3v) is 3.44. The van der Waals surface area contributed by atoms with Gasteiger partial charge in [-0.15, -0.1) is 24.0 Å². The van der Waals surface area contributed by atoms with E-state index < -0.39 is 6.61 Å². The molecule has 0 atom stereocenters. The predicted molar refractivity (Wildman–Crippen MR) is 108 cm³/mol. The van der Waals surface area contributed by atoms with Crippen LogP contribution < -0.4 is 15.4 Å². The highest BCUT2D eigenvalue weighted by Crippen LogP contribution is 2.24. The molecular weight excluding hydrogens is 479 g/mol. The fraction of sp³-hybridized carbons (Fsp3) is 0.375. The van der Waals surface area contributed by atoms with Crippen LogP contribution in [0.1, 0.15) is 18.1 Å². The summed E-state index contributed by atoms with van der Waals surface area (Å²) in [6.07, 6.45) is 3.61. The zero-order valence-electron chi connectivity index (χ0n) is 14.4. The number of ether oxygens (including phenoxy) is 1. The molecule has 0 aliphatic carbocycles. The fourth-order valence-electron chi connectivity index (χ4n) is 2.14. The highest BCUT2D eigenvalue weighted by Gasteiger charge is 2.11. The molecule has 0 aliphatic rings. The number of aryl methyl sites for hydroxylation is 1. The smallest absolute Gasteiger partial charge is 0.387 e. The summed E-state index contributed by atoms with van der Waals surface area (Å²) < 4.78 is 31.2. The van der Waals surface area contributed by atoms with Gasteiger partial charge in [0.2, 0.25) is 0 Å². The summed E-state index contributed by atoms with van der Waals surface area (Å²) >= 11 is 5.95. The molecule has 0 bridgehead atoms. The van der Waals surface area contributed by atoms with Gasteiger partial charge in [-0.25, -0.2) is 4.99 Å². The van der Waals surface area contributed by atoms with Crippen LogP contribution in [0, 0.1) is 0 Å². The largest absolute Gasteiger partial charge is 0.434 e. The van der Waals surface area contributed by atoms with Crippen molar-refractivity contribution in [2.75, 3.05) is 6.54 Å². The lowest BCUT2D eigenvalue weighted by Crippen LogP contribution is -2.36. The average Bonchev–Trinajstić information content (AvgIpc) is 2.97. The van der Waals surface area contributed by atoms with Crippen molar-refractivity contribution < 1.29 is 13.5 Å². The number of aromatic nitrogens is 2. The number of nitrogens with one attached hydrogen (secondary N) is 2. The summed E-state index contributed by atoms with van der Waals surface area (Å²) in [6.45, 7) is 0.383. The molecule has 26 heavy (non-hydrogen) atoms. The second-order valence-electron chi connectivity index (χ2n) is 5.20. The molecule has 0 saturated carbocycles. The van der Waals surface area contributed by atoms with Gasteiger partial charge in [-0.05, 0) is 25.1 Å². The molecule has 0 aliphatic heterocycles. The van der Waals surface area contributed by atoms with Crippen molar-refractivity contribution in [3.8, 4) is 5.75 Å². The highest BCUT2D eigenvalue weighted by atomic mass is 127. The zero-order valence-corrected chi connectivity index (χ0v) is 17.5. The van der Waals surface area contributed by atoms with Crippen LogP contribution in [0.15, 0.2) is 35.6 Å². The van der Waals surface area contributed by atoms with Gasteiger partial charge in [0.15, 0.2) is 5.96 Å². The normalized spacial score (nSPS) is 11.2. The SMILES string of the molecule is CCNC(=NCc1cnn(C)c1)NCc1cc(Cl)ccc1OC(F)F.I. The van der Waals surface area contributed by atoms with E-state index in [4.69, 9.17) is 11.6 Å². The minimum atomic E-state index is -2.90. The molecule has 0 radical (unpaired) electrons. The van der Waals surface area contributed by atoms with Crippen molar-refractivity contribution >= 4 is 41.5 Å². The van der Waals surface area contributed by atoms with Crippen LogP contribution in [-0.4, -0.2) is 28.9 Å². The van der Waals surface area contributed by atoms with E-state index in [-0.39, 0.29) is 36.3 Å². The van der Waals surface area contributed by atoms with E-state index >= 15 is 0 Å². The summed E-state index contributed by atoms with van der Waals surface area (Å²) in [5.74, 6) is 0.629. The van der Waals surface area contributed by atoms with E-state index in [0.717, 1.165) is 5.56 Å². The van der Waals surface area contributed by atoms with E-state index in [2.05, 4.69) is 25.5 Å². The summed E-state index contributed by atoms with van der Waals surface area (Å²) in [5, 5.41) is 10.7. The Bertz CT molecular complexity index is 726. The van der Waals surface area contributed by atoms with Gasteiger partial charge in [0.05, 0.1) is 12.7 Å². The molecule has 1 aromatic heterocycles. The van der Waals surface area contributed by atoms with Crippen LogP contribution >= 0.6 is 35.6 Å². The molecule has 2 aromatic rings. The Morgan fingerprint density at radius 2 is 2.15 bits per heavy atom. The van der Waals surface area contributed by atoms with E-state index in [0.29, 0.717) is 29.6 Å². The van der Waals surface area contributed by atoms with Crippen molar-refractivity contribution in [1.82, 2.24) is 20.4 Å². The minimum absolute atomic E-state index is 0. The molecule has 10 heteroatoms. The van der Waals surface area contributed by atoms with Crippen LogP contribution in [0.5, 0.6) is 5.75 Å². The Hall–Kier alpha value is -1.62. The molecule has 1 aromatic carbocycles. The first-order valence-corrected chi connectivity index (χ1v) is 8.08. The molecule has 0 fully saturated rings. The first kappa shape index (κ1) is 22.4. The highest BCUT2D eigenvalue weighted by molar-refractivity contribution is 14.0. The molecule has 1 heterocycles. The number of benzene rings is 1. The van der Waals surface area contributed by atoms with Gasteiger partial charge in [0.1, 0.15) is 5.75 Å². The third kappa shape index (κ3) is 7.32. The first-order chi connectivity index (χ1) is 12.0. The van der Waals surface area contributed by atoms with Crippen LogP contribution in [0.2, 0.25) is 5.02 Å². The van der Waals surface area contributed by atoms with E-state index in [1.165, 1.54) is 12.1 Å². The quantitative estimate of drug-likeness (QED) is 0.348. The Morgan fingerprint density at radius 3 is 2.77 bits per heavy atom. The number of aliphatic imine (C=N–C) groups is 1. The van der Waals surface area contributed by atoms with Crippen LogP contribution in [0.4, 0.5) is 8.78 Å². The van der Waals surface area contributed by atoms with E-state index in [1.54, 1.807) is 16.9 Å². The predicted octanol–water partition coefficient (Wildman–Crippen LogP) is 3.55. The minimum Gasteiger partial charge on any atom is -0.434 e. The number of halogens is 4. The molecular formula is C16H21ClF2IN5O. The van der Waals surface area contributed by atoms with Gasteiger partial charge in [0.25, 0.3) is 0 Å². The zero-order chi connectivity index (χ0) is 18.2. The maximum atomic E-state index is 12.5. The van der Waals surface area contributed by atoms with Gasteiger partial charge >= 0.3 is 6.61 Å². The van der Waals surface area contributed by atoms with Crippen molar-refractivity contribution in [2.45, 2.75) is 26.6 Å². The van der Waals surface area contributed by atoms with Gasteiger partial charge < -0.3 is 15.4 Å². The third-order valence-electron chi connectivity index (χ3n) is 3.21. The second kappa shape index (κ2) is 11.2. The van der Waals surface area contributed by atoms with Gasteiger partial charge in [-0.1, -0.05) is 11.6 Å². The monoisotopic (exact) mass is 499 g/mol. The van der Waals surface area contributed by atoms with Crippen molar-refractivity contribution in [1.29, 1.82) is 0 Å². The molecule has 0 amide bonds. The molecule has 144 valence electrons. The van der Waals surface area contributed by atoms with E-state index in [1.807, 2.05) is 20.2 Å². The van der Waals surface area contributed by atoms with Gasteiger partial charge in [0, 0.05) is 42.5 Å². The number of alkyl halides is 2. The fourth-order valence-corrected chi connectivity index (χ4v) is 2.34. The summed E-state index contributed by atoms with van der Waals surface area (Å²) in [4.78, 5) is 4.44. The maximum absolute atomic E-state index is 12.5. The average molecular weight is 500 g/mol. The number of rotatable bonds is 7. The Kier molecular flexibility index (Phi) is 9.63. The van der Waals surface area contributed by atoms with Gasteiger partial charge in [-0.2, -0.15) is 13.9 Å². The van der Waals surface area contributed by atoms with E-state index in [9.17, 15) is 8.78 Å². The summed E-state index contributed by atoms with van der Waals surface area (Å²) in [7, 11) is 1.83. The standard InChI is InChI=1S/C16H20ClF2N5O.HI/c1-3-20-16(21-7-11-8-23-24(2)10-11)22-9-12-6-13(17)4-5-14(12)25-15(18)19;/h4-6,8,10,15H,3,7,9H2,1-2H3,(H2,20,21,22);1H. The molecule has 0 saturated heterocycles. The first-order valence-electron chi connectivity index (χ1n) is 7.71.